The van der Waals surface area contributed by atoms with E-state index < -0.39 is 10.2 Å². The maximum absolute atomic E-state index is 12.7. The number of nitrogens with zero attached hydrogens (tertiary/aromatic N) is 3. The Kier molecular flexibility index (Phi) is 6.24. The van der Waals surface area contributed by atoms with Gasteiger partial charge >= 0.3 is 5.63 Å². The average Bonchev–Trinajstić information content (AvgIpc) is 2.66. The molecule has 1 fully saturated rings. The van der Waals surface area contributed by atoms with Crippen molar-refractivity contribution in [2.24, 2.45) is 0 Å². The van der Waals surface area contributed by atoms with Gasteiger partial charge in [0.05, 0.1) is 0 Å². The highest BCUT2D eigenvalue weighted by atomic mass is 32.2. The Labute approximate surface area is 166 Å². The first-order valence-electron chi connectivity index (χ1n) is 9.78. The second-order valence-electron chi connectivity index (χ2n) is 7.24. The van der Waals surface area contributed by atoms with Gasteiger partial charge in [0.2, 0.25) is 0 Å². The van der Waals surface area contributed by atoms with Crippen LogP contribution in [0.15, 0.2) is 27.4 Å². The van der Waals surface area contributed by atoms with Crippen LogP contribution >= 0.6 is 0 Å². The molecule has 7 nitrogen and oxygen atoms in total. The molecule has 1 aromatic carbocycles. The van der Waals surface area contributed by atoms with Crippen LogP contribution in [0.2, 0.25) is 0 Å². The highest BCUT2D eigenvalue weighted by Crippen LogP contribution is 2.24. The summed E-state index contributed by atoms with van der Waals surface area (Å²) in [6.45, 7) is 11.4. The zero-order valence-corrected chi connectivity index (χ0v) is 17.9. The molecule has 0 amide bonds. The summed E-state index contributed by atoms with van der Waals surface area (Å²) in [6.07, 6.45) is 0. The first kappa shape index (κ1) is 21.0. The molecule has 1 aliphatic heterocycles. The Morgan fingerprint density at radius 3 is 2.32 bits per heavy atom. The van der Waals surface area contributed by atoms with Crippen LogP contribution in [0.4, 0.5) is 0 Å². The van der Waals surface area contributed by atoms with Crippen LogP contribution in [-0.4, -0.2) is 61.2 Å². The van der Waals surface area contributed by atoms with Crippen LogP contribution in [0.5, 0.6) is 0 Å². The third-order valence-electron chi connectivity index (χ3n) is 5.60. The highest BCUT2D eigenvalue weighted by molar-refractivity contribution is 7.86. The molecule has 0 unspecified atom stereocenters. The third-order valence-corrected chi connectivity index (χ3v) is 7.79. The smallest absolute Gasteiger partial charge is 0.336 e. The van der Waals surface area contributed by atoms with E-state index in [1.54, 1.807) is 10.4 Å². The van der Waals surface area contributed by atoms with Crippen molar-refractivity contribution < 1.29 is 12.8 Å². The fraction of sp³-hybridized carbons (Fsp3) is 0.550. The molecule has 8 heteroatoms. The molecule has 2 heterocycles. The van der Waals surface area contributed by atoms with E-state index in [1.807, 2.05) is 39.8 Å². The molecule has 0 radical (unpaired) electrons. The van der Waals surface area contributed by atoms with E-state index in [9.17, 15) is 13.2 Å². The summed E-state index contributed by atoms with van der Waals surface area (Å²) in [7, 11) is -3.40. The lowest BCUT2D eigenvalue weighted by Gasteiger charge is -2.36. The number of fused-ring (bicyclic) bond motifs is 1. The van der Waals surface area contributed by atoms with Gasteiger partial charge in [-0.2, -0.15) is 17.0 Å². The minimum Gasteiger partial charge on any atom is -0.422 e. The van der Waals surface area contributed by atoms with Gasteiger partial charge in [-0.05, 0) is 30.5 Å². The van der Waals surface area contributed by atoms with Gasteiger partial charge in [-0.25, -0.2) is 4.79 Å². The summed E-state index contributed by atoms with van der Waals surface area (Å²) in [5.41, 5.74) is 3.29. The molecule has 0 N–H and O–H groups in total. The predicted molar refractivity (Wildman–Crippen MR) is 111 cm³/mol. The molecule has 1 saturated heterocycles. The molecule has 2 aromatic rings. The lowest BCUT2D eigenvalue weighted by molar-refractivity contribution is 0.175. The molecule has 0 atom stereocenters. The second-order valence-corrected chi connectivity index (χ2v) is 9.17. The van der Waals surface area contributed by atoms with Gasteiger partial charge in [-0.1, -0.05) is 26.0 Å². The van der Waals surface area contributed by atoms with E-state index in [0.717, 1.165) is 22.1 Å². The van der Waals surface area contributed by atoms with Crippen molar-refractivity contribution in [3.8, 4) is 0 Å². The van der Waals surface area contributed by atoms with Crippen molar-refractivity contribution in [3.63, 3.8) is 0 Å². The van der Waals surface area contributed by atoms with Crippen molar-refractivity contribution >= 4 is 21.2 Å². The normalized spacial score (nSPS) is 16.9. The van der Waals surface area contributed by atoms with Gasteiger partial charge in [0, 0.05) is 57.3 Å². The third kappa shape index (κ3) is 4.00. The van der Waals surface area contributed by atoms with E-state index in [0.29, 0.717) is 51.4 Å². The molecule has 0 spiro atoms. The summed E-state index contributed by atoms with van der Waals surface area (Å²) >= 11 is 0. The van der Waals surface area contributed by atoms with Crippen molar-refractivity contribution in [2.45, 2.75) is 34.2 Å². The average molecular weight is 408 g/mol. The van der Waals surface area contributed by atoms with Crippen molar-refractivity contribution in [3.05, 3.63) is 45.3 Å². The minimum absolute atomic E-state index is 0.348. The summed E-state index contributed by atoms with van der Waals surface area (Å²) < 4.78 is 33.9. The van der Waals surface area contributed by atoms with E-state index in [1.165, 1.54) is 4.31 Å². The van der Waals surface area contributed by atoms with E-state index in [-0.39, 0.29) is 5.63 Å². The molecule has 3 rings (SSSR count). The molecule has 0 aliphatic carbocycles. The highest BCUT2D eigenvalue weighted by Gasteiger charge is 2.30. The molecule has 28 heavy (non-hydrogen) atoms. The van der Waals surface area contributed by atoms with Gasteiger partial charge in [0.15, 0.2) is 0 Å². The van der Waals surface area contributed by atoms with Crippen LogP contribution in [-0.2, 0) is 16.8 Å². The number of hydrogen-bond acceptors (Lipinski definition) is 5. The Balaban J connectivity index is 1.77. The lowest BCUT2D eigenvalue weighted by atomic mass is 10.0. The molecule has 1 aliphatic rings. The number of hydrogen-bond donors (Lipinski definition) is 0. The van der Waals surface area contributed by atoms with E-state index in [2.05, 4.69) is 4.90 Å². The van der Waals surface area contributed by atoms with Crippen LogP contribution in [0, 0.1) is 13.8 Å². The summed E-state index contributed by atoms with van der Waals surface area (Å²) in [5.74, 6) is 0. The minimum atomic E-state index is -3.40. The number of piperazine rings is 1. The molecule has 154 valence electrons. The number of rotatable bonds is 6. The Morgan fingerprint density at radius 1 is 1.07 bits per heavy atom. The van der Waals surface area contributed by atoms with Crippen molar-refractivity contribution in [1.82, 2.24) is 13.5 Å². The quantitative estimate of drug-likeness (QED) is 0.686. The largest absolute Gasteiger partial charge is 0.422 e. The van der Waals surface area contributed by atoms with Gasteiger partial charge in [0.25, 0.3) is 10.2 Å². The van der Waals surface area contributed by atoms with Crippen LogP contribution in [0.25, 0.3) is 11.0 Å². The molecule has 0 saturated carbocycles. The Morgan fingerprint density at radius 2 is 1.71 bits per heavy atom. The maximum atomic E-state index is 12.7. The fourth-order valence-corrected chi connectivity index (χ4v) is 5.33. The van der Waals surface area contributed by atoms with Crippen LogP contribution in [0.1, 0.15) is 30.5 Å². The monoisotopic (exact) mass is 407 g/mol. The van der Waals surface area contributed by atoms with Gasteiger partial charge < -0.3 is 4.42 Å². The topological polar surface area (TPSA) is 74.1 Å². The Hall–Kier alpha value is -1.74. The zero-order chi connectivity index (χ0) is 20.5. The van der Waals surface area contributed by atoms with Crippen LogP contribution in [0.3, 0.4) is 0 Å². The first-order valence-corrected chi connectivity index (χ1v) is 11.2. The van der Waals surface area contributed by atoms with Gasteiger partial charge in [0.1, 0.15) is 5.58 Å². The summed E-state index contributed by atoms with van der Waals surface area (Å²) in [6, 6.07) is 5.59. The molecule has 0 bridgehead atoms. The first-order chi connectivity index (χ1) is 13.3. The predicted octanol–water partition coefficient (Wildman–Crippen LogP) is 2.11. The fourth-order valence-electron chi connectivity index (χ4n) is 3.73. The Bertz CT molecular complexity index is 1000. The second kappa shape index (κ2) is 8.32. The summed E-state index contributed by atoms with van der Waals surface area (Å²) in [5, 5.41) is 0.945. The molecular formula is C20H29N3O4S. The van der Waals surface area contributed by atoms with Crippen LogP contribution < -0.4 is 5.63 Å². The van der Waals surface area contributed by atoms with Gasteiger partial charge in [-0.3, -0.25) is 4.90 Å². The maximum Gasteiger partial charge on any atom is 0.336 e. The van der Waals surface area contributed by atoms with E-state index in [4.69, 9.17) is 4.42 Å². The summed E-state index contributed by atoms with van der Waals surface area (Å²) in [4.78, 5) is 14.2. The zero-order valence-electron chi connectivity index (χ0n) is 17.1. The molecule has 1 aromatic heterocycles. The van der Waals surface area contributed by atoms with Crippen molar-refractivity contribution in [2.75, 3.05) is 39.3 Å². The molecular weight excluding hydrogens is 378 g/mol. The van der Waals surface area contributed by atoms with E-state index >= 15 is 0 Å². The number of benzene rings is 1. The van der Waals surface area contributed by atoms with Gasteiger partial charge in [-0.15, -0.1) is 0 Å². The SMILES string of the molecule is CCN(CC)S(=O)(=O)N1CCN(Cc2cc(=O)oc3c(C)c(C)ccc23)CC1. The van der Waals surface area contributed by atoms with Crippen molar-refractivity contribution in [1.29, 1.82) is 0 Å². The number of aryl methyl sites for hydroxylation is 2. The lowest BCUT2D eigenvalue weighted by Crippen LogP contribution is -2.52. The standard InChI is InChI=1S/C20H29N3O4S/c1-5-22(6-2)28(25,26)23-11-9-21(10-12-23)14-17-13-19(24)27-20-16(4)15(3)7-8-18(17)20/h7-8,13H,5-6,9-12,14H2,1-4H3.